The molecule has 4 heteroatoms. The minimum atomic E-state index is -0.371. The molecule has 0 aromatic rings. The molecule has 0 aliphatic rings. The molecule has 0 unspecified atom stereocenters. The highest BCUT2D eigenvalue weighted by molar-refractivity contribution is 6.64. The van der Waals surface area contributed by atoms with E-state index >= 15 is 0 Å². The van der Waals surface area contributed by atoms with E-state index in [-0.39, 0.29) is 29.5 Å². The van der Waals surface area contributed by atoms with E-state index in [0.717, 1.165) is 0 Å². The van der Waals surface area contributed by atoms with Gasteiger partial charge in [-0.1, -0.05) is 13.8 Å². The Hall–Kier alpha value is -0.570. The Morgan fingerprint density at radius 2 is 1.93 bits per heavy atom. The molecule has 0 spiro atoms. The largest absolute Gasteiger partial charge is 0.466 e. The van der Waals surface area contributed by atoms with Crippen molar-refractivity contribution in [3.8, 4) is 0 Å². The lowest BCUT2D eigenvalue weighted by Crippen LogP contribution is -2.18. The van der Waals surface area contributed by atoms with Gasteiger partial charge in [-0.15, -0.1) is 0 Å². The SMILES string of the molecule is CCOC(=O)CC[C@@H](C(=O)Cl)C(C)C. The predicted octanol–water partition coefficient (Wildman–Crippen LogP) is 2.37. The number of carbonyl (C=O) groups is 2. The fourth-order valence-electron chi connectivity index (χ4n) is 1.22. The van der Waals surface area contributed by atoms with Crippen LogP contribution in [0, 0.1) is 11.8 Å². The van der Waals surface area contributed by atoms with Gasteiger partial charge < -0.3 is 4.74 Å². The van der Waals surface area contributed by atoms with Gasteiger partial charge in [-0.3, -0.25) is 9.59 Å². The van der Waals surface area contributed by atoms with Crippen LogP contribution in [0.1, 0.15) is 33.6 Å². The van der Waals surface area contributed by atoms with Crippen LogP contribution in [0.4, 0.5) is 0 Å². The van der Waals surface area contributed by atoms with Crippen LogP contribution >= 0.6 is 11.6 Å². The molecule has 14 heavy (non-hydrogen) atoms. The maximum atomic E-state index is 11.0. The lowest BCUT2D eigenvalue weighted by molar-refractivity contribution is -0.143. The van der Waals surface area contributed by atoms with Gasteiger partial charge >= 0.3 is 5.97 Å². The molecule has 0 aliphatic carbocycles. The van der Waals surface area contributed by atoms with E-state index in [1.165, 1.54) is 0 Å². The van der Waals surface area contributed by atoms with E-state index in [1.54, 1.807) is 6.92 Å². The predicted molar refractivity (Wildman–Crippen MR) is 55.1 cm³/mol. The van der Waals surface area contributed by atoms with Gasteiger partial charge in [0, 0.05) is 12.3 Å². The Morgan fingerprint density at radius 1 is 1.36 bits per heavy atom. The van der Waals surface area contributed by atoms with E-state index in [2.05, 4.69) is 0 Å². The normalized spacial score (nSPS) is 12.6. The van der Waals surface area contributed by atoms with E-state index < -0.39 is 0 Å². The molecule has 0 heterocycles. The molecule has 0 rings (SSSR count). The molecule has 0 amide bonds. The number of halogens is 1. The third kappa shape index (κ3) is 5.22. The summed E-state index contributed by atoms with van der Waals surface area (Å²) in [7, 11) is 0. The van der Waals surface area contributed by atoms with E-state index in [0.29, 0.717) is 13.0 Å². The summed E-state index contributed by atoms with van der Waals surface area (Å²) >= 11 is 5.41. The van der Waals surface area contributed by atoms with Gasteiger partial charge in [-0.05, 0) is 30.9 Å². The molecule has 1 atom stereocenters. The van der Waals surface area contributed by atoms with Crippen molar-refractivity contribution < 1.29 is 14.3 Å². The minimum Gasteiger partial charge on any atom is -0.466 e. The molecular weight excluding hydrogens is 204 g/mol. The van der Waals surface area contributed by atoms with Gasteiger partial charge in [-0.25, -0.2) is 0 Å². The topological polar surface area (TPSA) is 43.4 Å². The van der Waals surface area contributed by atoms with Crippen LogP contribution in [0.5, 0.6) is 0 Å². The standard InChI is InChI=1S/C10H17ClO3/c1-4-14-9(12)6-5-8(7(2)3)10(11)13/h7-8H,4-6H2,1-3H3/t8-/m1/s1. The number of rotatable bonds is 6. The minimum absolute atomic E-state index is 0.162. The Bertz CT molecular complexity index is 202. The summed E-state index contributed by atoms with van der Waals surface area (Å²) < 4.78 is 4.76. The summed E-state index contributed by atoms with van der Waals surface area (Å²) in [4.78, 5) is 22.0. The molecule has 0 radical (unpaired) electrons. The highest BCUT2D eigenvalue weighted by Gasteiger charge is 2.21. The summed E-state index contributed by atoms with van der Waals surface area (Å²) in [6, 6.07) is 0. The van der Waals surface area contributed by atoms with Gasteiger partial charge in [0.25, 0.3) is 0 Å². The Kier molecular flexibility index (Phi) is 6.54. The first-order valence-electron chi connectivity index (χ1n) is 4.84. The van der Waals surface area contributed by atoms with Crippen molar-refractivity contribution in [1.82, 2.24) is 0 Å². The van der Waals surface area contributed by atoms with Crippen molar-refractivity contribution in [1.29, 1.82) is 0 Å². The number of hydrogen-bond donors (Lipinski definition) is 0. The highest BCUT2D eigenvalue weighted by Crippen LogP contribution is 2.20. The number of esters is 1. The quantitative estimate of drug-likeness (QED) is 0.510. The second-order valence-corrected chi connectivity index (χ2v) is 3.87. The average molecular weight is 221 g/mol. The number of carbonyl (C=O) groups excluding carboxylic acids is 2. The van der Waals surface area contributed by atoms with E-state index in [1.807, 2.05) is 13.8 Å². The zero-order chi connectivity index (χ0) is 11.1. The highest BCUT2D eigenvalue weighted by atomic mass is 35.5. The van der Waals surface area contributed by atoms with Gasteiger partial charge in [0.2, 0.25) is 5.24 Å². The van der Waals surface area contributed by atoms with E-state index in [4.69, 9.17) is 16.3 Å². The second kappa shape index (κ2) is 6.82. The van der Waals surface area contributed by atoms with Crippen LogP contribution in [-0.2, 0) is 14.3 Å². The van der Waals surface area contributed by atoms with Gasteiger partial charge in [0.1, 0.15) is 0 Å². The van der Waals surface area contributed by atoms with Crippen molar-refractivity contribution in [3.05, 3.63) is 0 Å². The molecule has 82 valence electrons. The van der Waals surface area contributed by atoms with Gasteiger partial charge in [0.05, 0.1) is 6.61 Å². The summed E-state index contributed by atoms with van der Waals surface area (Å²) in [5.74, 6) is -0.355. The maximum Gasteiger partial charge on any atom is 0.305 e. The molecule has 3 nitrogen and oxygen atoms in total. The monoisotopic (exact) mass is 220 g/mol. The zero-order valence-corrected chi connectivity index (χ0v) is 9.63. The van der Waals surface area contributed by atoms with Crippen LogP contribution in [0.2, 0.25) is 0 Å². The summed E-state index contributed by atoms with van der Waals surface area (Å²) in [5.41, 5.74) is 0. The molecule has 0 aromatic carbocycles. The third-order valence-electron chi connectivity index (χ3n) is 2.06. The number of hydrogen-bond acceptors (Lipinski definition) is 3. The first-order valence-corrected chi connectivity index (χ1v) is 5.21. The van der Waals surface area contributed by atoms with Crippen LogP contribution in [0.25, 0.3) is 0 Å². The Morgan fingerprint density at radius 3 is 2.29 bits per heavy atom. The van der Waals surface area contributed by atoms with Crippen LogP contribution < -0.4 is 0 Å². The van der Waals surface area contributed by atoms with Crippen molar-refractivity contribution in [2.75, 3.05) is 6.61 Å². The maximum absolute atomic E-state index is 11.0. The van der Waals surface area contributed by atoms with Crippen LogP contribution in [0.15, 0.2) is 0 Å². The Balaban J connectivity index is 3.94. The molecule has 0 aliphatic heterocycles. The smallest absolute Gasteiger partial charge is 0.305 e. The fourth-order valence-corrected chi connectivity index (χ4v) is 1.58. The third-order valence-corrected chi connectivity index (χ3v) is 2.34. The van der Waals surface area contributed by atoms with Crippen molar-refractivity contribution in [2.45, 2.75) is 33.6 Å². The average Bonchev–Trinajstić information content (AvgIpc) is 2.03. The molecule has 0 bridgehead atoms. The summed E-state index contributed by atoms with van der Waals surface area (Å²) in [5, 5.41) is -0.371. The van der Waals surface area contributed by atoms with Crippen LogP contribution in [0.3, 0.4) is 0 Å². The molecule has 0 saturated carbocycles. The van der Waals surface area contributed by atoms with Crippen molar-refractivity contribution in [3.63, 3.8) is 0 Å². The summed E-state index contributed by atoms with van der Waals surface area (Å²) in [6.45, 7) is 5.96. The molecule has 0 N–H and O–H groups in total. The van der Waals surface area contributed by atoms with Crippen molar-refractivity contribution >= 4 is 22.8 Å². The number of ether oxygens (including phenoxy) is 1. The fraction of sp³-hybridized carbons (Fsp3) is 0.800. The van der Waals surface area contributed by atoms with E-state index in [9.17, 15) is 9.59 Å². The zero-order valence-electron chi connectivity index (χ0n) is 8.88. The molecule has 0 fully saturated rings. The molecule has 0 aromatic heterocycles. The first-order chi connectivity index (χ1) is 6.49. The lowest BCUT2D eigenvalue weighted by Gasteiger charge is -2.15. The second-order valence-electron chi connectivity index (χ2n) is 3.50. The summed E-state index contributed by atoms with van der Waals surface area (Å²) in [6.07, 6.45) is 0.730. The molecule has 0 saturated heterocycles. The molecular formula is C10H17ClO3. The van der Waals surface area contributed by atoms with Crippen LogP contribution in [-0.4, -0.2) is 17.8 Å². The first kappa shape index (κ1) is 13.4. The van der Waals surface area contributed by atoms with Gasteiger partial charge in [0.15, 0.2) is 0 Å². The Labute approximate surface area is 89.8 Å². The lowest BCUT2D eigenvalue weighted by atomic mass is 9.92. The van der Waals surface area contributed by atoms with Crippen molar-refractivity contribution in [2.24, 2.45) is 11.8 Å². The van der Waals surface area contributed by atoms with Gasteiger partial charge in [-0.2, -0.15) is 0 Å².